The molecule has 0 spiro atoms. The third kappa shape index (κ3) is 3.77. The van der Waals surface area contributed by atoms with Crippen LogP contribution in [0.15, 0.2) is 75.0 Å². The lowest BCUT2D eigenvalue weighted by Gasteiger charge is -2.19. The minimum Gasteiger partial charge on any atom is -0.467 e. The first kappa shape index (κ1) is 18.3. The molecule has 3 heterocycles. The number of carbonyl (C=O) groups excluding carboxylic acids is 1. The number of furan rings is 2. The normalized spacial score (nSPS) is 17.6. The summed E-state index contributed by atoms with van der Waals surface area (Å²) in [5, 5.41) is 8.19. The van der Waals surface area contributed by atoms with Gasteiger partial charge >= 0.3 is 0 Å². The van der Waals surface area contributed by atoms with Gasteiger partial charge in [0, 0.05) is 6.42 Å². The topological polar surface area (TPSA) is 75.6 Å². The van der Waals surface area contributed by atoms with Gasteiger partial charge in [-0.2, -0.15) is 5.10 Å². The van der Waals surface area contributed by atoms with Crippen molar-refractivity contribution in [3.05, 3.63) is 83.7 Å². The van der Waals surface area contributed by atoms with E-state index in [1.807, 2.05) is 48.6 Å². The van der Waals surface area contributed by atoms with E-state index in [0.717, 1.165) is 22.8 Å². The van der Waals surface area contributed by atoms with E-state index in [4.69, 9.17) is 8.83 Å². The monoisotopic (exact) mass is 378 g/mol. The predicted molar refractivity (Wildman–Crippen MR) is 105 cm³/mol. The van der Waals surface area contributed by atoms with Crippen molar-refractivity contribution >= 4 is 11.6 Å². The number of benzene rings is 1. The van der Waals surface area contributed by atoms with E-state index in [-0.39, 0.29) is 24.5 Å². The van der Waals surface area contributed by atoms with Gasteiger partial charge in [-0.25, -0.2) is 5.01 Å². The molecule has 2 atom stereocenters. The number of amides is 1. The molecule has 0 saturated heterocycles. The summed E-state index contributed by atoms with van der Waals surface area (Å²) in [6, 6.07) is 15.6. The fourth-order valence-electron chi connectivity index (χ4n) is 3.40. The minimum absolute atomic E-state index is 0.0538. The summed E-state index contributed by atoms with van der Waals surface area (Å²) in [5.41, 5.74) is 3.12. The molecule has 0 bridgehead atoms. The highest BCUT2D eigenvalue weighted by Gasteiger charge is 2.35. The van der Waals surface area contributed by atoms with Gasteiger partial charge in [0.2, 0.25) is 0 Å². The largest absolute Gasteiger partial charge is 0.467 e. The lowest BCUT2D eigenvalue weighted by Crippen LogP contribution is -2.86. The van der Waals surface area contributed by atoms with Crippen LogP contribution < -0.4 is 5.32 Å². The molecule has 6 nitrogen and oxygen atoms in total. The van der Waals surface area contributed by atoms with Crippen molar-refractivity contribution in [1.29, 1.82) is 0 Å². The zero-order valence-corrected chi connectivity index (χ0v) is 16.0. The lowest BCUT2D eigenvalue weighted by atomic mass is 10.0. The maximum absolute atomic E-state index is 13.0. The van der Waals surface area contributed by atoms with E-state index in [9.17, 15) is 4.79 Å². The van der Waals surface area contributed by atoms with Crippen LogP contribution in [0, 0.1) is 6.92 Å². The number of nitrogens with zero attached hydrogens (tertiary/aromatic N) is 2. The summed E-state index contributed by atoms with van der Waals surface area (Å²) in [6.07, 6.45) is 3.91. The highest BCUT2D eigenvalue weighted by atomic mass is 16.3. The first-order valence-electron chi connectivity index (χ1n) is 9.48. The van der Waals surface area contributed by atoms with Gasteiger partial charge in [-0.05, 0) is 43.7 Å². The van der Waals surface area contributed by atoms with Crippen LogP contribution >= 0.6 is 0 Å². The Bertz CT molecular complexity index is 944. The van der Waals surface area contributed by atoms with Crippen LogP contribution in [-0.4, -0.2) is 23.2 Å². The summed E-state index contributed by atoms with van der Waals surface area (Å²) >= 11 is 0. The van der Waals surface area contributed by atoms with E-state index in [2.05, 4.69) is 24.2 Å². The van der Waals surface area contributed by atoms with Gasteiger partial charge in [0.05, 0.1) is 18.2 Å². The summed E-state index contributed by atoms with van der Waals surface area (Å²) in [7, 11) is 0. The Morgan fingerprint density at radius 2 is 1.93 bits per heavy atom. The van der Waals surface area contributed by atoms with Crippen LogP contribution in [0.5, 0.6) is 0 Å². The van der Waals surface area contributed by atoms with Crippen LogP contribution in [-0.2, 0) is 4.79 Å². The van der Waals surface area contributed by atoms with Crippen molar-refractivity contribution in [3.8, 4) is 0 Å². The number of rotatable bonds is 6. The van der Waals surface area contributed by atoms with Gasteiger partial charge < -0.3 is 14.2 Å². The van der Waals surface area contributed by atoms with E-state index < -0.39 is 0 Å². The second-order valence-corrected chi connectivity index (χ2v) is 7.13. The predicted octanol–water partition coefficient (Wildman–Crippen LogP) is 3.18. The van der Waals surface area contributed by atoms with Crippen LogP contribution in [0.4, 0.5) is 0 Å². The molecule has 144 valence electrons. The van der Waals surface area contributed by atoms with Crippen molar-refractivity contribution in [1.82, 2.24) is 5.01 Å². The van der Waals surface area contributed by atoms with Crippen LogP contribution in [0.1, 0.15) is 48.1 Å². The minimum atomic E-state index is -0.217. The highest BCUT2D eigenvalue weighted by Crippen LogP contribution is 2.32. The quantitative estimate of drug-likeness (QED) is 0.716. The van der Waals surface area contributed by atoms with Crippen molar-refractivity contribution < 1.29 is 18.9 Å². The van der Waals surface area contributed by atoms with Crippen molar-refractivity contribution in [3.63, 3.8) is 0 Å². The molecule has 3 aromatic rings. The zero-order chi connectivity index (χ0) is 19.5. The van der Waals surface area contributed by atoms with Gasteiger partial charge in [0.25, 0.3) is 5.91 Å². The molecule has 0 radical (unpaired) electrons. The maximum atomic E-state index is 13.0. The van der Waals surface area contributed by atoms with Gasteiger partial charge in [-0.15, -0.1) is 0 Å². The first-order chi connectivity index (χ1) is 13.6. The number of hydrazone groups is 1. The van der Waals surface area contributed by atoms with Crippen molar-refractivity contribution in [2.75, 3.05) is 6.54 Å². The summed E-state index contributed by atoms with van der Waals surface area (Å²) < 4.78 is 11.0. The molecule has 1 aromatic carbocycles. The molecule has 1 aliphatic heterocycles. The van der Waals surface area contributed by atoms with Crippen molar-refractivity contribution in [2.24, 2.45) is 5.10 Å². The van der Waals surface area contributed by atoms with Crippen LogP contribution in [0.3, 0.4) is 0 Å². The average molecular weight is 378 g/mol. The maximum Gasteiger partial charge on any atom is 0.298 e. The Kier molecular flexibility index (Phi) is 5.12. The van der Waals surface area contributed by atoms with E-state index in [0.29, 0.717) is 6.42 Å². The Labute approximate surface area is 163 Å². The summed E-state index contributed by atoms with van der Waals surface area (Å²) in [6.45, 7) is 4.35. The summed E-state index contributed by atoms with van der Waals surface area (Å²) in [5.74, 6) is 1.54. The first-order valence-corrected chi connectivity index (χ1v) is 9.48. The van der Waals surface area contributed by atoms with E-state index >= 15 is 0 Å². The number of nitrogens with two attached hydrogens (primary N) is 1. The van der Waals surface area contributed by atoms with Crippen LogP contribution in [0.2, 0.25) is 0 Å². The smallest absolute Gasteiger partial charge is 0.298 e. The fraction of sp³-hybridized carbons (Fsp3) is 0.273. The Hall–Kier alpha value is -3.12. The number of hydrogen-bond acceptors (Lipinski definition) is 4. The van der Waals surface area contributed by atoms with Crippen molar-refractivity contribution in [2.45, 2.75) is 32.4 Å². The van der Waals surface area contributed by atoms with E-state index in [1.54, 1.807) is 17.5 Å². The fourth-order valence-corrected chi connectivity index (χ4v) is 3.40. The molecule has 4 rings (SSSR count). The van der Waals surface area contributed by atoms with Gasteiger partial charge in [0.15, 0.2) is 12.3 Å². The van der Waals surface area contributed by atoms with Crippen LogP contribution in [0.25, 0.3) is 0 Å². The van der Waals surface area contributed by atoms with Gasteiger partial charge in [-0.1, -0.05) is 29.8 Å². The third-order valence-corrected chi connectivity index (χ3v) is 5.06. The number of quaternary nitrogens is 1. The third-order valence-electron chi connectivity index (χ3n) is 5.06. The molecule has 28 heavy (non-hydrogen) atoms. The molecule has 1 aliphatic rings. The number of aryl methyl sites for hydroxylation is 1. The molecular formula is C22H24N3O3+. The average Bonchev–Trinajstić information content (AvgIpc) is 3.47. The Morgan fingerprint density at radius 3 is 2.61 bits per heavy atom. The molecule has 0 fully saturated rings. The molecule has 0 unspecified atom stereocenters. The Morgan fingerprint density at radius 1 is 1.18 bits per heavy atom. The summed E-state index contributed by atoms with van der Waals surface area (Å²) in [4.78, 5) is 13.0. The highest BCUT2D eigenvalue weighted by molar-refractivity contribution is 6.03. The Balaban J connectivity index is 1.52. The molecule has 6 heteroatoms. The SMILES string of the molecule is Cc1ccc(C2=NN(C(=O)C[NH2+][C@@H](C)c3ccco3)[C@H](c3ccco3)C2)cc1. The lowest BCUT2D eigenvalue weighted by molar-refractivity contribution is -0.685. The molecule has 2 N–H and O–H groups in total. The molecule has 0 aliphatic carbocycles. The standard InChI is InChI=1S/C22H23N3O3/c1-15-7-9-17(10-8-15)18-13-19(21-6-4-12-28-21)25(24-18)22(26)14-23-16(2)20-5-3-11-27-20/h3-12,16,19,23H,13-14H2,1-2H3/p+1/t16-,19-/m0/s1. The zero-order valence-electron chi connectivity index (χ0n) is 16.0. The van der Waals surface area contributed by atoms with Gasteiger partial charge in [-0.3, -0.25) is 4.79 Å². The molecule has 2 aromatic heterocycles. The number of hydrogen-bond donors (Lipinski definition) is 1. The molecular weight excluding hydrogens is 354 g/mol. The number of carbonyl (C=O) groups is 1. The van der Waals surface area contributed by atoms with Gasteiger partial charge in [0.1, 0.15) is 17.8 Å². The van der Waals surface area contributed by atoms with E-state index in [1.165, 1.54) is 5.56 Å². The second-order valence-electron chi connectivity index (χ2n) is 7.13. The second kappa shape index (κ2) is 7.86. The molecule has 1 amide bonds. The molecule has 0 saturated carbocycles.